The van der Waals surface area contributed by atoms with Crippen molar-refractivity contribution in [1.82, 2.24) is 4.90 Å². The first-order chi connectivity index (χ1) is 16.9. The molecule has 2 aromatic carbocycles. The van der Waals surface area contributed by atoms with Crippen molar-refractivity contribution >= 4 is 22.9 Å². The van der Waals surface area contributed by atoms with Gasteiger partial charge in [-0.1, -0.05) is 51.6 Å². The van der Waals surface area contributed by atoms with E-state index in [9.17, 15) is 35.9 Å². The maximum absolute atomic E-state index is 14.5. The fourth-order valence-electron chi connectivity index (χ4n) is 4.98. The van der Waals surface area contributed by atoms with Crippen molar-refractivity contribution in [1.29, 1.82) is 0 Å². The van der Waals surface area contributed by atoms with Gasteiger partial charge in [0.1, 0.15) is 5.75 Å². The largest absolute Gasteiger partial charge is 0.573 e. The predicted molar refractivity (Wildman–Crippen MR) is 127 cm³/mol. The molecule has 0 radical (unpaired) electrons. The van der Waals surface area contributed by atoms with Crippen LogP contribution in [0.15, 0.2) is 30.3 Å². The Hall–Kier alpha value is -2.69. The highest BCUT2D eigenvalue weighted by atomic mass is 32.2. The summed E-state index contributed by atoms with van der Waals surface area (Å²) >= 11 is 0.720. The Morgan fingerprint density at radius 1 is 0.946 bits per heavy atom. The predicted octanol–water partition coefficient (Wildman–Crippen LogP) is 7.82. The van der Waals surface area contributed by atoms with Gasteiger partial charge in [-0.25, -0.2) is 0 Å². The number of imide groups is 1. The maximum atomic E-state index is 14.5. The van der Waals surface area contributed by atoms with Gasteiger partial charge in [0, 0.05) is 5.56 Å². The molecule has 1 saturated heterocycles. The van der Waals surface area contributed by atoms with Crippen LogP contribution in [0, 0.1) is 0 Å². The summed E-state index contributed by atoms with van der Waals surface area (Å²) in [4.78, 5) is 25.2. The number of carbonyl (C=O) groups is 2. The third kappa shape index (κ3) is 5.32. The summed E-state index contributed by atoms with van der Waals surface area (Å²) in [5.41, 5.74) is -2.15. The van der Waals surface area contributed by atoms with Gasteiger partial charge in [-0.15, -0.1) is 13.2 Å². The first-order valence-electron chi connectivity index (χ1n) is 11.5. The minimum absolute atomic E-state index is 0.0655. The van der Waals surface area contributed by atoms with Crippen molar-refractivity contribution in [2.45, 2.75) is 70.4 Å². The highest BCUT2D eigenvalue weighted by Gasteiger charge is 2.43. The monoisotopic (exact) mass is 545 g/mol. The van der Waals surface area contributed by atoms with Crippen molar-refractivity contribution < 1.29 is 40.7 Å². The highest BCUT2D eigenvalue weighted by Crippen LogP contribution is 2.52. The zero-order chi connectivity index (χ0) is 27.6. The van der Waals surface area contributed by atoms with Crippen LogP contribution in [-0.4, -0.2) is 28.2 Å². The molecule has 1 heterocycles. The average Bonchev–Trinajstić information content (AvgIpc) is 3.07. The Kier molecular flexibility index (Phi) is 6.62. The highest BCUT2D eigenvalue weighted by molar-refractivity contribution is 8.14. The van der Waals surface area contributed by atoms with E-state index in [1.54, 1.807) is 0 Å². The minimum atomic E-state index is -5.18. The van der Waals surface area contributed by atoms with Gasteiger partial charge in [0.2, 0.25) is 5.91 Å². The molecule has 0 saturated carbocycles. The molecule has 4 rings (SSSR count). The SMILES string of the molecule is CC1(C)CCC(C)(C)c2cc(C(F)(F)F)c(-c3c(CN4C(=O)CSC4=O)cccc3OC(F)(F)F)cc21. The lowest BCUT2D eigenvalue weighted by molar-refractivity contribution is -0.274. The quantitative estimate of drug-likeness (QED) is 0.368. The molecule has 2 aromatic rings. The number of nitrogens with zero attached hydrogens (tertiary/aromatic N) is 1. The number of ether oxygens (including phenoxy) is 1. The Labute approximate surface area is 214 Å². The molecule has 0 spiro atoms. The number of halogens is 6. The number of alkyl halides is 6. The Morgan fingerprint density at radius 3 is 2.05 bits per heavy atom. The van der Waals surface area contributed by atoms with Gasteiger partial charge in [-0.2, -0.15) is 13.2 Å². The van der Waals surface area contributed by atoms with E-state index in [0.717, 1.165) is 28.8 Å². The number of hydrogen-bond acceptors (Lipinski definition) is 4. The summed E-state index contributed by atoms with van der Waals surface area (Å²) in [6.07, 6.45) is -8.78. The summed E-state index contributed by atoms with van der Waals surface area (Å²) in [5, 5.41) is -0.623. The molecule has 200 valence electrons. The molecule has 4 nitrogen and oxygen atoms in total. The van der Waals surface area contributed by atoms with Crippen LogP contribution in [-0.2, 0) is 28.3 Å². The van der Waals surface area contributed by atoms with E-state index < -0.39 is 63.5 Å². The molecular formula is C26H25F6NO3S. The van der Waals surface area contributed by atoms with Crippen LogP contribution in [0.25, 0.3) is 11.1 Å². The van der Waals surface area contributed by atoms with E-state index in [0.29, 0.717) is 24.0 Å². The van der Waals surface area contributed by atoms with Crippen LogP contribution in [0.2, 0.25) is 0 Å². The molecule has 1 aliphatic heterocycles. The van der Waals surface area contributed by atoms with Crippen molar-refractivity contribution in [2.24, 2.45) is 0 Å². The van der Waals surface area contributed by atoms with E-state index >= 15 is 0 Å². The molecule has 11 heteroatoms. The number of fused-ring (bicyclic) bond motifs is 1. The van der Waals surface area contributed by atoms with Crippen LogP contribution >= 0.6 is 11.8 Å². The normalized spacial score (nSPS) is 19.2. The molecule has 37 heavy (non-hydrogen) atoms. The molecule has 0 atom stereocenters. The lowest BCUT2D eigenvalue weighted by Gasteiger charge is -2.42. The van der Waals surface area contributed by atoms with Crippen LogP contribution in [0.3, 0.4) is 0 Å². The first kappa shape index (κ1) is 27.3. The van der Waals surface area contributed by atoms with Gasteiger partial charge in [0.05, 0.1) is 17.9 Å². The van der Waals surface area contributed by atoms with Crippen LogP contribution in [0.5, 0.6) is 5.75 Å². The van der Waals surface area contributed by atoms with Crippen molar-refractivity contribution in [3.8, 4) is 16.9 Å². The number of carbonyl (C=O) groups excluding carboxylic acids is 2. The Bertz CT molecular complexity index is 1250. The van der Waals surface area contributed by atoms with Crippen LogP contribution in [0.1, 0.15) is 62.8 Å². The molecule has 0 aromatic heterocycles. The van der Waals surface area contributed by atoms with Crippen LogP contribution in [0.4, 0.5) is 31.1 Å². The second-order valence-electron chi connectivity index (χ2n) is 10.6. The zero-order valence-corrected chi connectivity index (χ0v) is 21.4. The topological polar surface area (TPSA) is 46.6 Å². The fourth-order valence-corrected chi connectivity index (χ4v) is 5.71. The average molecular weight is 546 g/mol. The summed E-state index contributed by atoms with van der Waals surface area (Å²) in [7, 11) is 0. The first-order valence-corrected chi connectivity index (χ1v) is 12.5. The standard InChI is InChI=1S/C26H25F6NO3S/c1-23(2)8-9-24(3,4)18-11-16(25(27,28)29)15(10-17(18)23)21-14(12-33-20(34)13-37-22(33)35)6-5-7-19(21)36-26(30,31)32/h5-7,10-11H,8-9,12-13H2,1-4H3. The number of rotatable bonds is 4. The molecule has 1 fully saturated rings. The minimum Gasteiger partial charge on any atom is -0.405 e. The number of benzene rings is 2. The van der Waals surface area contributed by atoms with Gasteiger partial charge >= 0.3 is 12.5 Å². The van der Waals surface area contributed by atoms with Gasteiger partial charge < -0.3 is 4.74 Å². The second-order valence-corrected chi connectivity index (χ2v) is 11.5. The maximum Gasteiger partial charge on any atom is 0.573 e. The molecule has 1 aliphatic carbocycles. The third-order valence-electron chi connectivity index (χ3n) is 7.07. The zero-order valence-electron chi connectivity index (χ0n) is 20.6. The van der Waals surface area contributed by atoms with E-state index in [1.165, 1.54) is 18.2 Å². The molecule has 0 unspecified atom stereocenters. The van der Waals surface area contributed by atoms with Gasteiger partial charge in [-0.05, 0) is 64.1 Å². The molecule has 2 aliphatic rings. The van der Waals surface area contributed by atoms with Crippen molar-refractivity contribution in [3.05, 3.63) is 52.6 Å². The molecule has 2 amide bonds. The van der Waals surface area contributed by atoms with Gasteiger partial charge in [0.15, 0.2) is 0 Å². The third-order valence-corrected chi connectivity index (χ3v) is 7.93. The van der Waals surface area contributed by atoms with E-state index in [4.69, 9.17) is 0 Å². The Morgan fingerprint density at radius 2 is 1.54 bits per heavy atom. The van der Waals surface area contributed by atoms with E-state index in [-0.39, 0.29) is 11.3 Å². The number of amides is 2. The number of thioether (sulfide) groups is 1. The summed E-state index contributed by atoms with van der Waals surface area (Å²) < 4.78 is 87.8. The fraction of sp³-hybridized carbons (Fsp3) is 0.462. The van der Waals surface area contributed by atoms with Crippen molar-refractivity contribution in [2.75, 3.05) is 5.75 Å². The molecular weight excluding hydrogens is 520 g/mol. The number of hydrogen-bond donors (Lipinski definition) is 0. The second kappa shape index (κ2) is 8.96. The summed E-state index contributed by atoms with van der Waals surface area (Å²) in [5.74, 6) is -1.56. The summed E-state index contributed by atoms with van der Waals surface area (Å²) in [6, 6.07) is 5.77. The van der Waals surface area contributed by atoms with E-state index in [1.807, 2.05) is 27.7 Å². The smallest absolute Gasteiger partial charge is 0.405 e. The molecule has 0 N–H and O–H groups in total. The Balaban J connectivity index is 2.04. The summed E-state index contributed by atoms with van der Waals surface area (Å²) in [6.45, 7) is 6.97. The molecule has 0 bridgehead atoms. The van der Waals surface area contributed by atoms with Gasteiger partial charge in [-0.3, -0.25) is 14.5 Å². The van der Waals surface area contributed by atoms with Crippen LogP contribution < -0.4 is 4.74 Å². The lowest BCUT2D eigenvalue weighted by Crippen LogP contribution is -2.34. The van der Waals surface area contributed by atoms with Gasteiger partial charge in [0.25, 0.3) is 5.24 Å². The van der Waals surface area contributed by atoms with Crippen molar-refractivity contribution in [3.63, 3.8) is 0 Å². The van der Waals surface area contributed by atoms with E-state index in [2.05, 4.69) is 4.74 Å². The lowest BCUT2D eigenvalue weighted by atomic mass is 9.62.